The molecule has 0 nitrogen and oxygen atoms in total. The molecule has 0 aromatic heterocycles. The van der Waals surface area contributed by atoms with Gasteiger partial charge in [-0.15, -0.1) is 0 Å². The van der Waals surface area contributed by atoms with Crippen molar-refractivity contribution in [3.05, 3.63) is 0 Å². The number of unbranched alkanes of at least 4 members (excludes halogenated alkanes) is 13. The van der Waals surface area contributed by atoms with Crippen molar-refractivity contribution >= 4 is 0 Å². The van der Waals surface area contributed by atoms with E-state index in [4.69, 9.17) is 0 Å². The predicted molar refractivity (Wildman–Crippen MR) is 183 cm³/mol. The second-order valence-corrected chi connectivity index (χ2v) is 11.6. The first-order valence-electron chi connectivity index (χ1n) is 17.6. The topological polar surface area (TPSA) is 0 Å². The molecular weight excluding hydrogens is 444 g/mol. The second kappa shape index (κ2) is 56.2. The Morgan fingerprint density at radius 1 is 0.270 bits per heavy atom. The third-order valence-electron chi connectivity index (χ3n) is 6.85. The van der Waals surface area contributed by atoms with Crippen molar-refractivity contribution in [2.45, 2.75) is 226 Å². The van der Waals surface area contributed by atoms with Crippen LogP contribution in [0.15, 0.2) is 0 Å². The van der Waals surface area contributed by atoms with Gasteiger partial charge in [-0.3, -0.25) is 0 Å². The third-order valence-corrected chi connectivity index (χ3v) is 6.85. The lowest BCUT2D eigenvalue weighted by Gasteiger charge is -2.05. The molecule has 0 spiro atoms. The molecule has 37 heavy (non-hydrogen) atoms. The van der Waals surface area contributed by atoms with E-state index in [1.807, 2.05) is 0 Å². The molecule has 0 rings (SSSR count). The van der Waals surface area contributed by atoms with Crippen LogP contribution in [0.25, 0.3) is 0 Å². The van der Waals surface area contributed by atoms with E-state index in [1.54, 1.807) is 0 Å². The summed E-state index contributed by atoms with van der Waals surface area (Å²) in [6.07, 6.45) is 26.3. The number of hydrogen-bond donors (Lipinski definition) is 0. The van der Waals surface area contributed by atoms with E-state index in [2.05, 4.69) is 104 Å². The van der Waals surface area contributed by atoms with Crippen molar-refractivity contribution in [1.82, 2.24) is 0 Å². The van der Waals surface area contributed by atoms with Gasteiger partial charge in [-0.05, 0) is 17.8 Å². The molecule has 0 aromatic rings. The fourth-order valence-electron chi connectivity index (χ4n) is 2.32. The SMILES string of the molecule is CC(C)C(C)C.CCC(C)CC.CCCC.CCCCCC.CCCCCCC.CCCCCCCC. The van der Waals surface area contributed by atoms with E-state index in [9.17, 15) is 0 Å². The van der Waals surface area contributed by atoms with Gasteiger partial charge in [0.2, 0.25) is 0 Å². The fraction of sp³-hybridized carbons (Fsp3) is 1.00. The zero-order valence-corrected chi connectivity index (χ0v) is 30.2. The molecule has 0 atom stereocenters. The molecule has 0 aromatic carbocycles. The highest BCUT2D eigenvalue weighted by Gasteiger charge is 1.95. The van der Waals surface area contributed by atoms with Crippen LogP contribution in [0.3, 0.4) is 0 Å². The molecule has 0 aliphatic heterocycles. The van der Waals surface area contributed by atoms with Crippen molar-refractivity contribution in [2.75, 3.05) is 0 Å². The summed E-state index contributed by atoms with van der Waals surface area (Å²) < 4.78 is 0. The minimum atomic E-state index is 0.852. The molecule has 0 radical (unpaired) electrons. The average molecular weight is 531 g/mol. The van der Waals surface area contributed by atoms with Crippen molar-refractivity contribution in [3.63, 3.8) is 0 Å². The zero-order chi connectivity index (χ0) is 30.2. The van der Waals surface area contributed by atoms with Crippen molar-refractivity contribution in [3.8, 4) is 0 Å². The molecule has 0 amide bonds. The summed E-state index contributed by atoms with van der Waals surface area (Å²) in [6.45, 7) is 33.5. The van der Waals surface area contributed by atoms with E-state index in [-0.39, 0.29) is 0 Å². The quantitative estimate of drug-likeness (QED) is 0.174. The number of hydrogen-bond acceptors (Lipinski definition) is 0. The van der Waals surface area contributed by atoms with Crippen molar-refractivity contribution < 1.29 is 0 Å². The van der Waals surface area contributed by atoms with Crippen molar-refractivity contribution in [2.24, 2.45) is 17.8 Å². The van der Waals surface area contributed by atoms with Gasteiger partial charge in [0.15, 0.2) is 0 Å². The Labute approximate surface area is 243 Å². The first-order chi connectivity index (χ1) is 17.6. The molecule has 0 aliphatic rings. The zero-order valence-electron chi connectivity index (χ0n) is 30.2. The summed E-state index contributed by atoms with van der Waals surface area (Å²) in [6, 6.07) is 0. The molecule has 0 N–H and O–H groups in total. The summed E-state index contributed by atoms with van der Waals surface area (Å²) >= 11 is 0. The van der Waals surface area contributed by atoms with Gasteiger partial charge >= 0.3 is 0 Å². The minimum absolute atomic E-state index is 0.852. The van der Waals surface area contributed by atoms with Crippen LogP contribution in [0.5, 0.6) is 0 Å². The van der Waals surface area contributed by atoms with Crippen LogP contribution >= 0.6 is 0 Å². The van der Waals surface area contributed by atoms with Gasteiger partial charge in [0.05, 0.1) is 0 Å². The Morgan fingerprint density at radius 3 is 0.568 bits per heavy atom. The maximum Gasteiger partial charge on any atom is -0.0448 e. The van der Waals surface area contributed by atoms with Gasteiger partial charge in [0.25, 0.3) is 0 Å². The van der Waals surface area contributed by atoms with Gasteiger partial charge < -0.3 is 0 Å². The lowest BCUT2D eigenvalue weighted by atomic mass is 10.0. The van der Waals surface area contributed by atoms with E-state index in [0.29, 0.717) is 0 Å². The van der Waals surface area contributed by atoms with Crippen LogP contribution in [0.2, 0.25) is 0 Å². The van der Waals surface area contributed by atoms with E-state index in [0.717, 1.165) is 17.8 Å². The van der Waals surface area contributed by atoms with Gasteiger partial charge in [-0.1, -0.05) is 226 Å². The van der Waals surface area contributed by atoms with Gasteiger partial charge in [0.1, 0.15) is 0 Å². The maximum absolute atomic E-state index is 2.28. The molecule has 0 heterocycles. The monoisotopic (exact) mass is 531 g/mol. The molecule has 0 heteroatoms. The average Bonchev–Trinajstić information content (AvgIpc) is 2.91. The standard InChI is InChI=1S/C8H18.C7H16.3C6H14.C4H10/c1-3-5-7-8-6-4-2;1-3-5-7-6-4-2;1-5(2)6(3)4;1-4-6(3)5-2;1-3-5-6-4-2;1-3-4-2/h3-8H2,1-2H3;3-7H2,1-2H3;5-6H,1-4H3;6H,4-5H2,1-3H3;3-6H2,1-2H3;3-4H2,1-2H3. The Kier molecular flexibility index (Phi) is 75.9. The normalized spacial score (nSPS) is 9.57. The van der Waals surface area contributed by atoms with E-state index >= 15 is 0 Å². The van der Waals surface area contributed by atoms with E-state index < -0.39 is 0 Å². The summed E-state index contributed by atoms with van der Waals surface area (Å²) in [5.74, 6) is 2.64. The van der Waals surface area contributed by atoms with E-state index in [1.165, 1.54) is 122 Å². The van der Waals surface area contributed by atoms with Crippen LogP contribution < -0.4 is 0 Å². The molecule has 0 saturated heterocycles. The van der Waals surface area contributed by atoms with Gasteiger partial charge in [-0.2, -0.15) is 0 Å². The summed E-state index contributed by atoms with van der Waals surface area (Å²) in [4.78, 5) is 0. The largest absolute Gasteiger partial charge is 0.0654 e. The Balaban J connectivity index is -0.0000000788. The first kappa shape index (κ1) is 49.9. The summed E-state index contributed by atoms with van der Waals surface area (Å²) in [5, 5.41) is 0. The molecule has 0 aliphatic carbocycles. The highest BCUT2D eigenvalue weighted by molar-refractivity contribution is 4.46. The number of rotatable bonds is 16. The molecule has 0 fully saturated rings. The highest BCUT2D eigenvalue weighted by Crippen LogP contribution is 2.06. The lowest BCUT2D eigenvalue weighted by Crippen LogP contribution is -1.95. The Hall–Kier alpha value is 0. The predicted octanol–water partition coefficient (Wildman–Crippen LogP) is 15.5. The van der Waals surface area contributed by atoms with Crippen LogP contribution in [-0.4, -0.2) is 0 Å². The molecule has 0 unspecified atom stereocenters. The minimum Gasteiger partial charge on any atom is -0.0654 e. The molecule has 0 saturated carbocycles. The fourth-order valence-corrected chi connectivity index (χ4v) is 2.32. The second-order valence-electron chi connectivity index (χ2n) is 11.6. The third kappa shape index (κ3) is 94.4. The molecule has 0 bridgehead atoms. The summed E-state index contributed by atoms with van der Waals surface area (Å²) in [7, 11) is 0. The summed E-state index contributed by atoms with van der Waals surface area (Å²) in [5.41, 5.74) is 0. The first-order valence-corrected chi connectivity index (χ1v) is 17.6. The smallest absolute Gasteiger partial charge is 0.0448 e. The van der Waals surface area contributed by atoms with Gasteiger partial charge in [-0.25, -0.2) is 0 Å². The van der Waals surface area contributed by atoms with Crippen LogP contribution in [0.1, 0.15) is 226 Å². The van der Waals surface area contributed by atoms with Crippen LogP contribution in [0, 0.1) is 17.8 Å². The molecule has 234 valence electrons. The van der Waals surface area contributed by atoms with Gasteiger partial charge in [0, 0.05) is 0 Å². The van der Waals surface area contributed by atoms with Crippen molar-refractivity contribution in [1.29, 1.82) is 0 Å². The Morgan fingerprint density at radius 2 is 0.459 bits per heavy atom. The maximum atomic E-state index is 2.28. The van der Waals surface area contributed by atoms with Crippen LogP contribution in [0.4, 0.5) is 0 Å². The highest BCUT2D eigenvalue weighted by atomic mass is 14.0. The Bertz CT molecular complexity index is 239. The molecular formula is C37H86. The van der Waals surface area contributed by atoms with Crippen LogP contribution in [-0.2, 0) is 0 Å². The lowest BCUT2D eigenvalue weighted by molar-refractivity contribution is 0.457.